The van der Waals surface area contributed by atoms with E-state index in [1.54, 1.807) is 18.2 Å². The Labute approximate surface area is 118 Å². The van der Waals surface area contributed by atoms with Crippen LogP contribution in [0.15, 0.2) is 22.7 Å². The molecule has 1 heterocycles. The van der Waals surface area contributed by atoms with Crippen molar-refractivity contribution in [3.8, 4) is 0 Å². The van der Waals surface area contributed by atoms with Gasteiger partial charge in [-0.25, -0.2) is 0 Å². The van der Waals surface area contributed by atoms with Crippen LogP contribution in [0.25, 0.3) is 0 Å². The van der Waals surface area contributed by atoms with E-state index in [0.29, 0.717) is 28.9 Å². The number of hydrogen-bond acceptors (Lipinski definition) is 4. The van der Waals surface area contributed by atoms with Crippen LogP contribution < -0.4 is 11.5 Å². The monoisotopic (exact) mass is 327 g/mol. The summed E-state index contributed by atoms with van der Waals surface area (Å²) in [6.07, 6.45) is 0. The lowest BCUT2D eigenvalue weighted by Gasteiger charge is -2.33. The van der Waals surface area contributed by atoms with Crippen LogP contribution in [0.4, 0.5) is 5.69 Å². The first kappa shape index (κ1) is 13.8. The molecule has 1 unspecified atom stereocenters. The lowest BCUT2D eigenvalue weighted by molar-refractivity contribution is -0.127. The van der Waals surface area contributed by atoms with Crippen LogP contribution in [-0.2, 0) is 9.53 Å². The number of nitrogens with zero attached hydrogens (tertiary/aromatic N) is 1. The zero-order valence-corrected chi connectivity index (χ0v) is 11.7. The number of amides is 2. The Hall–Kier alpha value is -1.60. The predicted molar refractivity (Wildman–Crippen MR) is 73.4 cm³/mol. The summed E-state index contributed by atoms with van der Waals surface area (Å²) in [6.45, 7) is 0.837. The van der Waals surface area contributed by atoms with Crippen LogP contribution in [0.2, 0.25) is 0 Å². The third-order valence-electron chi connectivity index (χ3n) is 2.94. The normalized spacial score (nSPS) is 19.2. The highest BCUT2D eigenvalue weighted by Crippen LogP contribution is 2.22. The van der Waals surface area contributed by atoms with Gasteiger partial charge in [-0.1, -0.05) is 0 Å². The lowest BCUT2D eigenvalue weighted by Crippen LogP contribution is -2.54. The quantitative estimate of drug-likeness (QED) is 0.766. The van der Waals surface area contributed by atoms with Gasteiger partial charge < -0.3 is 21.1 Å². The predicted octanol–water partition coefficient (Wildman–Crippen LogP) is 0.358. The minimum Gasteiger partial charge on any atom is -0.399 e. The molecule has 1 fully saturated rings. The molecule has 4 N–H and O–H groups in total. The summed E-state index contributed by atoms with van der Waals surface area (Å²) in [5.74, 6) is -0.862. The number of morpholine rings is 1. The summed E-state index contributed by atoms with van der Waals surface area (Å²) in [5.41, 5.74) is 11.9. The van der Waals surface area contributed by atoms with Gasteiger partial charge in [0.05, 0.1) is 18.8 Å². The number of primary amides is 1. The Morgan fingerprint density at radius 2 is 2.16 bits per heavy atom. The Bertz CT molecular complexity index is 521. The number of ether oxygens (including phenoxy) is 1. The summed E-state index contributed by atoms with van der Waals surface area (Å²) in [5, 5.41) is 0. The highest BCUT2D eigenvalue weighted by molar-refractivity contribution is 9.10. The van der Waals surface area contributed by atoms with Gasteiger partial charge >= 0.3 is 0 Å². The maximum atomic E-state index is 12.5. The van der Waals surface area contributed by atoms with E-state index in [2.05, 4.69) is 15.9 Å². The van der Waals surface area contributed by atoms with Crippen LogP contribution in [0.3, 0.4) is 0 Å². The van der Waals surface area contributed by atoms with Crippen molar-refractivity contribution in [1.29, 1.82) is 0 Å². The fourth-order valence-corrected chi connectivity index (χ4v) is 2.36. The summed E-state index contributed by atoms with van der Waals surface area (Å²) in [6, 6.07) is 4.21. The van der Waals surface area contributed by atoms with Gasteiger partial charge in [0.2, 0.25) is 5.91 Å². The first-order valence-electron chi connectivity index (χ1n) is 5.73. The Morgan fingerprint density at radius 1 is 1.42 bits per heavy atom. The molecule has 19 heavy (non-hydrogen) atoms. The van der Waals surface area contributed by atoms with E-state index >= 15 is 0 Å². The highest BCUT2D eigenvalue weighted by Gasteiger charge is 2.32. The van der Waals surface area contributed by atoms with Crippen molar-refractivity contribution in [3.05, 3.63) is 28.2 Å². The fraction of sp³-hybridized carbons (Fsp3) is 0.333. The fourth-order valence-electron chi connectivity index (χ4n) is 1.94. The van der Waals surface area contributed by atoms with Gasteiger partial charge in [0.25, 0.3) is 5.91 Å². The summed E-state index contributed by atoms with van der Waals surface area (Å²) >= 11 is 3.30. The summed E-state index contributed by atoms with van der Waals surface area (Å²) in [4.78, 5) is 25.3. The van der Waals surface area contributed by atoms with Crippen LogP contribution in [0, 0.1) is 0 Å². The van der Waals surface area contributed by atoms with Crippen molar-refractivity contribution in [2.45, 2.75) is 6.04 Å². The molecule has 1 aliphatic rings. The highest BCUT2D eigenvalue weighted by atomic mass is 79.9. The Morgan fingerprint density at radius 3 is 2.84 bits per heavy atom. The second-order valence-corrected chi connectivity index (χ2v) is 5.09. The van der Waals surface area contributed by atoms with E-state index in [1.165, 1.54) is 4.90 Å². The average molecular weight is 328 g/mol. The van der Waals surface area contributed by atoms with Crippen molar-refractivity contribution in [3.63, 3.8) is 0 Å². The van der Waals surface area contributed by atoms with Gasteiger partial charge in [-0.3, -0.25) is 9.59 Å². The van der Waals surface area contributed by atoms with Crippen molar-refractivity contribution >= 4 is 33.4 Å². The zero-order valence-electron chi connectivity index (χ0n) is 10.1. The molecule has 1 atom stereocenters. The number of nitrogens with two attached hydrogens (primary N) is 2. The summed E-state index contributed by atoms with van der Waals surface area (Å²) in [7, 11) is 0. The van der Waals surface area contributed by atoms with E-state index in [0.717, 1.165) is 0 Å². The molecule has 0 aliphatic carbocycles. The molecule has 0 saturated carbocycles. The number of hydrogen-bond donors (Lipinski definition) is 2. The van der Waals surface area contributed by atoms with Crippen LogP contribution in [-0.4, -0.2) is 42.5 Å². The SMILES string of the molecule is NC(=O)C1COCCN1C(=O)c1cc(N)ccc1Br. The minimum absolute atomic E-state index is 0.126. The second-order valence-electron chi connectivity index (χ2n) is 4.23. The van der Waals surface area contributed by atoms with Crippen LogP contribution >= 0.6 is 15.9 Å². The first-order valence-corrected chi connectivity index (χ1v) is 6.53. The molecule has 1 saturated heterocycles. The van der Waals surface area contributed by atoms with Gasteiger partial charge in [-0.05, 0) is 34.1 Å². The smallest absolute Gasteiger partial charge is 0.255 e. The number of halogens is 1. The molecule has 2 amide bonds. The molecule has 102 valence electrons. The molecule has 0 radical (unpaired) electrons. The van der Waals surface area contributed by atoms with E-state index < -0.39 is 11.9 Å². The third-order valence-corrected chi connectivity index (χ3v) is 3.63. The van der Waals surface area contributed by atoms with Crippen molar-refractivity contribution in [2.24, 2.45) is 5.73 Å². The average Bonchev–Trinajstić information content (AvgIpc) is 2.40. The maximum Gasteiger partial charge on any atom is 0.255 e. The number of carbonyl (C=O) groups is 2. The first-order chi connectivity index (χ1) is 9.00. The third kappa shape index (κ3) is 2.87. The number of rotatable bonds is 2. The molecule has 2 rings (SSSR count). The van der Waals surface area contributed by atoms with Gasteiger partial charge in [0.15, 0.2) is 0 Å². The molecule has 1 aromatic carbocycles. The van der Waals surface area contributed by atoms with Crippen LogP contribution in [0.5, 0.6) is 0 Å². The molecule has 7 heteroatoms. The minimum atomic E-state index is -0.741. The topological polar surface area (TPSA) is 98.7 Å². The molecule has 0 spiro atoms. The number of nitrogen functional groups attached to an aromatic ring is 1. The Balaban J connectivity index is 2.31. The molecular weight excluding hydrogens is 314 g/mol. The van der Waals surface area contributed by atoms with Crippen molar-refractivity contribution < 1.29 is 14.3 Å². The number of benzene rings is 1. The molecule has 1 aromatic rings. The van der Waals surface area contributed by atoms with Gasteiger partial charge in [-0.2, -0.15) is 0 Å². The number of anilines is 1. The summed E-state index contributed by atoms with van der Waals surface area (Å²) < 4.78 is 5.81. The van der Waals surface area contributed by atoms with E-state index in [9.17, 15) is 9.59 Å². The van der Waals surface area contributed by atoms with Crippen LogP contribution in [0.1, 0.15) is 10.4 Å². The number of carbonyl (C=O) groups excluding carboxylic acids is 2. The maximum absolute atomic E-state index is 12.5. The Kier molecular flexibility index (Phi) is 4.06. The molecule has 0 bridgehead atoms. The standard InChI is InChI=1S/C12H14BrN3O3/c13-9-2-1-7(14)5-8(9)12(18)16-3-4-19-6-10(16)11(15)17/h1-2,5,10H,3-4,6,14H2,(H2,15,17). The van der Waals surface area contributed by atoms with Gasteiger partial charge in [-0.15, -0.1) is 0 Å². The van der Waals surface area contributed by atoms with Crippen molar-refractivity contribution in [2.75, 3.05) is 25.5 Å². The van der Waals surface area contributed by atoms with E-state index in [-0.39, 0.29) is 12.5 Å². The molecule has 0 aromatic heterocycles. The van der Waals surface area contributed by atoms with E-state index in [4.69, 9.17) is 16.2 Å². The molecule has 1 aliphatic heterocycles. The van der Waals surface area contributed by atoms with Crippen molar-refractivity contribution in [1.82, 2.24) is 4.90 Å². The lowest BCUT2D eigenvalue weighted by atomic mass is 10.1. The molecule has 6 nitrogen and oxygen atoms in total. The molecular formula is C12H14BrN3O3. The largest absolute Gasteiger partial charge is 0.399 e. The zero-order chi connectivity index (χ0) is 14.0. The van der Waals surface area contributed by atoms with Gasteiger partial charge in [0.1, 0.15) is 6.04 Å². The van der Waals surface area contributed by atoms with Gasteiger partial charge in [0, 0.05) is 16.7 Å². The second kappa shape index (κ2) is 5.58. The van der Waals surface area contributed by atoms with E-state index in [1.807, 2.05) is 0 Å².